The van der Waals surface area contributed by atoms with Gasteiger partial charge in [-0.3, -0.25) is 0 Å². The Kier molecular flexibility index (Phi) is 8.08. The van der Waals surface area contributed by atoms with E-state index in [-0.39, 0.29) is 17.2 Å². The van der Waals surface area contributed by atoms with Gasteiger partial charge in [0.1, 0.15) is 17.2 Å². The first-order chi connectivity index (χ1) is 17.0. The van der Waals surface area contributed by atoms with Gasteiger partial charge in [0.05, 0.1) is 0 Å². The summed E-state index contributed by atoms with van der Waals surface area (Å²) in [6, 6.07) is 12.3. The predicted molar refractivity (Wildman–Crippen MR) is 118 cm³/mol. The Labute approximate surface area is 201 Å². The average Bonchev–Trinajstić information content (AvgIpc) is 2.84. The van der Waals surface area contributed by atoms with Crippen molar-refractivity contribution >= 4 is 0 Å². The van der Waals surface area contributed by atoms with E-state index in [1.807, 2.05) is 0 Å². The largest absolute Gasteiger partial charge is 0.432 e. The quantitative estimate of drug-likeness (QED) is 0.164. The standard InChI is InChI=1S/C26H17F7O3/c1-15(27)34-19-9-3-16(4-10-19)26(2,17-5-11-20(12-6-17)35-24(32)22(28)29)18-7-13-21(14-8-18)36-25(33)23(30)31/h3-14H,1H2,2H3. The molecule has 0 amide bonds. The normalized spacial score (nSPS) is 10.9. The molecular weight excluding hydrogens is 493 g/mol. The van der Waals surface area contributed by atoms with Crippen LogP contribution < -0.4 is 14.2 Å². The molecule has 10 heteroatoms. The van der Waals surface area contributed by atoms with Crippen LogP contribution in [0.4, 0.5) is 30.7 Å². The summed E-state index contributed by atoms with van der Waals surface area (Å²) in [5.41, 5.74) is 0.821. The predicted octanol–water partition coefficient (Wildman–Crippen LogP) is 8.69. The first kappa shape index (κ1) is 26.4. The third kappa shape index (κ3) is 6.07. The lowest BCUT2D eigenvalue weighted by molar-refractivity contribution is 0.241. The molecule has 0 saturated carbocycles. The van der Waals surface area contributed by atoms with E-state index in [0.29, 0.717) is 16.7 Å². The summed E-state index contributed by atoms with van der Waals surface area (Å²) in [7, 11) is 0. The number of ether oxygens (including phenoxy) is 3. The maximum absolute atomic E-state index is 13.2. The molecule has 0 atom stereocenters. The Morgan fingerprint density at radius 1 is 0.528 bits per heavy atom. The second kappa shape index (κ2) is 11.0. The summed E-state index contributed by atoms with van der Waals surface area (Å²) < 4.78 is 103. The van der Waals surface area contributed by atoms with E-state index in [2.05, 4.69) is 16.1 Å². The van der Waals surface area contributed by atoms with E-state index in [4.69, 9.17) is 4.74 Å². The first-order valence-corrected chi connectivity index (χ1v) is 10.1. The average molecular weight is 510 g/mol. The molecule has 0 radical (unpaired) electrons. The van der Waals surface area contributed by atoms with Crippen molar-refractivity contribution < 1.29 is 44.9 Å². The lowest BCUT2D eigenvalue weighted by atomic mass is 9.71. The van der Waals surface area contributed by atoms with Crippen molar-refractivity contribution in [2.45, 2.75) is 12.3 Å². The Balaban J connectivity index is 2.05. The van der Waals surface area contributed by atoms with E-state index in [0.717, 1.165) is 0 Å². The first-order valence-electron chi connectivity index (χ1n) is 10.1. The minimum absolute atomic E-state index is 0.173. The molecule has 0 bridgehead atoms. The Hall–Kier alpha value is -4.21. The second-order valence-corrected chi connectivity index (χ2v) is 7.43. The van der Waals surface area contributed by atoms with E-state index < -0.39 is 35.6 Å². The lowest BCUT2D eigenvalue weighted by Gasteiger charge is -2.32. The van der Waals surface area contributed by atoms with Gasteiger partial charge in [-0.15, -0.1) is 0 Å². The second-order valence-electron chi connectivity index (χ2n) is 7.43. The highest BCUT2D eigenvalue weighted by Crippen LogP contribution is 2.41. The molecule has 3 aromatic rings. The minimum Gasteiger partial charge on any atom is -0.432 e. The fourth-order valence-electron chi connectivity index (χ4n) is 3.48. The SMILES string of the molecule is C=C(F)Oc1ccc(C(C)(c2ccc(OC(F)=C(F)F)cc2)c2ccc(OC(F)=C(F)F)cc2)cc1. The Morgan fingerprint density at radius 3 is 1.06 bits per heavy atom. The van der Waals surface area contributed by atoms with Crippen LogP contribution >= 0.6 is 0 Å². The molecule has 0 aromatic heterocycles. The summed E-state index contributed by atoms with van der Waals surface area (Å²) in [6.07, 6.45) is -5.22. The number of hydrogen-bond acceptors (Lipinski definition) is 3. The third-order valence-corrected chi connectivity index (χ3v) is 5.24. The van der Waals surface area contributed by atoms with Crippen molar-refractivity contribution in [1.29, 1.82) is 0 Å². The number of hydrogen-bond donors (Lipinski definition) is 0. The van der Waals surface area contributed by atoms with Crippen molar-refractivity contribution in [3.05, 3.63) is 126 Å². The van der Waals surface area contributed by atoms with Crippen molar-refractivity contribution in [3.8, 4) is 17.2 Å². The van der Waals surface area contributed by atoms with E-state index in [1.54, 1.807) is 19.1 Å². The molecule has 0 spiro atoms. The van der Waals surface area contributed by atoms with E-state index in [1.165, 1.54) is 60.7 Å². The van der Waals surface area contributed by atoms with Crippen LogP contribution in [0.15, 0.2) is 110 Å². The summed E-state index contributed by atoms with van der Waals surface area (Å²) in [6.45, 7) is 4.81. The Morgan fingerprint density at radius 2 is 0.806 bits per heavy atom. The minimum atomic E-state index is -2.61. The molecule has 0 N–H and O–H groups in total. The third-order valence-electron chi connectivity index (χ3n) is 5.24. The van der Waals surface area contributed by atoms with Crippen molar-refractivity contribution in [3.63, 3.8) is 0 Å². The van der Waals surface area contributed by atoms with Gasteiger partial charge in [0.2, 0.25) is 0 Å². The zero-order valence-corrected chi connectivity index (χ0v) is 18.5. The van der Waals surface area contributed by atoms with Crippen molar-refractivity contribution in [2.75, 3.05) is 0 Å². The molecule has 0 fully saturated rings. The fourth-order valence-corrected chi connectivity index (χ4v) is 3.48. The van der Waals surface area contributed by atoms with Gasteiger partial charge in [0.15, 0.2) is 0 Å². The number of halogens is 7. The molecule has 3 nitrogen and oxygen atoms in total. The van der Waals surface area contributed by atoms with Crippen LogP contribution in [0.1, 0.15) is 23.6 Å². The van der Waals surface area contributed by atoms with Crippen LogP contribution in [0.3, 0.4) is 0 Å². The molecule has 188 valence electrons. The number of rotatable bonds is 9. The molecule has 0 saturated heterocycles. The summed E-state index contributed by atoms with van der Waals surface area (Å²) >= 11 is 0. The van der Waals surface area contributed by atoms with Crippen LogP contribution in [0.25, 0.3) is 0 Å². The Bertz CT molecular complexity index is 1210. The van der Waals surface area contributed by atoms with Gasteiger partial charge >= 0.3 is 24.2 Å². The molecule has 3 rings (SSSR count). The molecule has 0 aliphatic rings. The zero-order valence-electron chi connectivity index (χ0n) is 18.5. The van der Waals surface area contributed by atoms with Gasteiger partial charge in [-0.25, -0.2) is 0 Å². The van der Waals surface area contributed by atoms with Crippen LogP contribution in [-0.2, 0) is 5.41 Å². The topological polar surface area (TPSA) is 27.7 Å². The van der Waals surface area contributed by atoms with Crippen LogP contribution in [0, 0.1) is 0 Å². The molecule has 36 heavy (non-hydrogen) atoms. The zero-order chi connectivity index (χ0) is 26.5. The van der Waals surface area contributed by atoms with Gasteiger partial charge in [0.25, 0.3) is 6.01 Å². The van der Waals surface area contributed by atoms with Gasteiger partial charge in [-0.2, -0.15) is 30.7 Å². The van der Waals surface area contributed by atoms with Gasteiger partial charge < -0.3 is 14.2 Å². The van der Waals surface area contributed by atoms with Crippen LogP contribution in [-0.4, -0.2) is 0 Å². The van der Waals surface area contributed by atoms with Crippen molar-refractivity contribution in [1.82, 2.24) is 0 Å². The van der Waals surface area contributed by atoms with Crippen LogP contribution in [0.5, 0.6) is 17.2 Å². The van der Waals surface area contributed by atoms with Gasteiger partial charge in [-0.05, 0) is 66.6 Å². The molecule has 0 heterocycles. The molecule has 3 aromatic carbocycles. The lowest BCUT2D eigenvalue weighted by Crippen LogP contribution is -2.25. The number of benzene rings is 3. The highest BCUT2D eigenvalue weighted by Gasteiger charge is 2.31. The monoisotopic (exact) mass is 510 g/mol. The molecular formula is C26H17F7O3. The fraction of sp³-hybridized carbons (Fsp3) is 0.0769. The van der Waals surface area contributed by atoms with E-state index in [9.17, 15) is 30.7 Å². The van der Waals surface area contributed by atoms with Gasteiger partial charge in [-0.1, -0.05) is 36.4 Å². The highest BCUT2D eigenvalue weighted by atomic mass is 19.3. The van der Waals surface area contributed by atoms with Crippen molar-refractivity contribution in [2.24, 2.45) is 0 Å². The summed E-state index contributed by atoms with van der Waals surface area (Å²) in [5, 5.41) is 0. The smallest absolute Gasteiger partial charge is 0.344 e. The van der Waals surface area contributed by atoms with Crippen LogP contribution in [0.2, 0.25) is 0 Å². The van der Waals surface area contributed by atoms with E-state index >= 15 is 0 Å². The highest BCUT2D eigenvalue weighted by molar-refractivity contribution is 5.52. The van der Waals surface area contributed by atoms with Gasteiger partial charge in [0, 0.05) is 5.41 Å². The molecule has 0 aliphatic carbocycles. The maximum Gasteiger partial charge on any atom is 0.344 e. The summed E-state index contributed by atoms with van der Waals surface area (Å²) in [5.74, 6) is -0.196. The molecule has 0 unspecified atom stereocenters. The summed E-state index contributed by atoms with van der Waals surface area (Å²) in [4.78, 5) is 0. The maximum atomic E-state index is 13.2. The molecule has 0 aliphatic heterocycles.